The lowest BCUT2D eigenvalue weighted by molar-refractivity contribution is -0.146. The summed E-state index contributed by atoms with van der Waals surface area (Å²) in [5.41, 5.74) is 0. The van der Waals surface area contributed by atoms with Crippen molar-refractivity contribution in [3.8, 4) is 0 Å². The molecule has 0 N–H and O–H groups in total. The van der Waals surface area contributed by atoms with Gasteiger partial charge in [-0.2, -0.15) is 0 Å². The number of hydrogen-bond donors (Lipinski definition) is 0. The third kappa shape index (κ3) is 16.9. The van der Waals surface area contributed by atoms with Crippen molar-refractivity contribution < 1.29 is 19.1 Å². The van der Waals surface area contributed by atoms with Gasteiger partial charge >= 0.3 is 11.9 Å². The van der Waals surface area contributed by atoms with Gasteiger partial charge in [-0.15, -0.1) is 0 Å². The minimum atomic E-state index is -0.181. The van der Waals surface area contributed by atoms with Gasteiger partial charge in [-0.3, -0.25) is 9.59 Å². The quantitative estimate of drug-likeness (QED) is 0.261. The van der Waals surface area contributed by atoms with Crippen LogP contribution in [0.3, 0.4) is 0 Å². The van der Waals surface area contributed by atoms with Gasteiger partial charge in [0.05, 0.1) is 13.2 Å². The lowest BCUT2D eigenvalue weighted by Gasteiger charge is -2.07. The number of carbonyl (C=O) groups excluding carboxylic acids is 2. The fourth-order valence-corrected chi connectivity index (χ4v) is 1.93. The van der Waals surface area contributed by atoms with E-state index in [0.717, 1.165) is 12.8 Å². The van der Waals surface area contributed by atoms with Gasteiger partial charge in [0, 0.05) is 12.8 Å². The van der Waals surface area contributed by atoms with E-state index in [4.69, 9.17) is 9.47 Å². The van der Waals surface area contributed by atoms with Gasteiger partial charge in [-0.25, -0.2) is 0 Å². The van der Waals surface area contributed by atoms with Crippen molar-refractivity contribution in [1.82, 2.24) is 0 Å². The molecule has 0 saturated heterocycles. The molecule has 0 aromatic rings. The smallest absolute Gasteiger partial charge is 0.305 e. The maximum atomic E-state index is 11.5. The van der Waals surface area contributed by atoms with E-state index >= 15 is 0 Å². The molecule has 0 spiro atoms. The zero-order chi connectivity index (χ0) is 17.3. The van der Waals surface area contributed by atoms with Crippen LogP contribution in [0.5, 0.6) is 0 Å². The summed E-state index contributed by atoms with van der Waals surface area (Å²) in [7, 11) is 0. The minimum Gasteiger partial charge on any atom is -0.465 e. The first-order valence-electron chi connectivity index (χ1n) is 9.02. The van der Waals surface area contributed by atoms with Crippen molar-refractivity contribution in [3.05, 3.63) is 12.2 Å². The summed E-state index contributed by atoms with van der Waals surface area (Å²) in [5, 5.41) is 0. The summed E-state index contributed by atoms with van der Waals surface area (Å²) in [6.45, 7) is 7.11. The van der Waals surface area contributed by atoms with E-state index in [1.807, 2.05) is 13.8 Å². The Bertz CT molecular complexity index is 334. The van der Waals surface area contributed by atoms with Crippen LogP contribution in [-0.2, 0) is 19.1 Å². The number of allylic oxidation sites excluding steroid dienone is 1. The summed E-state index contributed by atoms with van der Waals surface area (Å²) in [5.74, 6) is -0.00479. The third-order valence-electron chi connectivity index (χ3n) is 3.28. The van der Waals surface area contributed by atoms with Crippen molar-refractivity contribution in [1.29, 1.82) is 0 Å². The molecule has 4 nitrogen and oxygen atoms in total. The molecule has 0 fully saturated rings. The molecule has 0 unspecified atom stereocenters. The summed E-state index contributed by atoms with van der Waals surface area (Å²) >= 11 is 0. The second kappa shape index (κ2) is 15.6. The van der Waals surface area contributed by atoms with Crippen LogP contribution >= 0.6 is 0 Å². The molecule has 0 saturated carbocycles. The van der Waals surface area contributed by atoms with Crippen LogP contribution in [0.4, 0.5) is 0 Å². The van der Waals surface area contributed by atoms with Gasteiger partial charge < -0.3 is 9.47 Å². The Labute approximate surface area is 141 Å². The first-order valence-corrected chi connectivity index (χ1v) is 9.02. The number of ether oxygens (including phenoxy) is 2. The van der Waals surface area contributed by atoms with Crippen molar-refractivity contribution >= 4 is 11.9 Å². The fraction of sp³-hybridized carbons (Fsp3) is 0.789. The molecule has 0 aromatic carbocycles. The molecule has 0 rings (SSSR count). The Morgan fingerprint density at radius 3 is 2.09 bits per heavy atom. The lowest BCUT2D eigenvalue weighted by atomic mass is 10.2. The molecular formula is C19H34O4. The monoisotopic (exact) mass is 326 g/mol. The van der Waals surface area contributed by atoms with E-state index in [2.05, 4.69) is 19.1 Å². The van der Waals surface area contributed by atoms with E-state index in [-0.39, 0.29) is 11.9 Å². The first kappa shape index (κ1) is 21.7. The Morgan fingerprint density at radius 1 is 0.870 bits per heavy atom. The molecule has 0 aliphatic heterocycles. The van der Waals surface area contributed by atoms with Crippen LogP contribution in [0.2, 0.25) is 0 Å². The number of esters is 2. The Kier molecular flexibility index (Phi) is 14.7. The van der Waals surface area contributed by atoms with Crippen LogP contribution < -0.4 is 0 Å². The molecule has 0 bridgehead atoms. The highest BCUT2D eigenvalue weighted by Crippen LogP contribution is 2.05. The molecule has 23 heavy (non-hydrogen) atoms. The summed E-state index contributed by atoms with van der Waals surface area (Å²) in [6, 6.07) is 0. The maximum absolute atomic E-state index is 11.5. The van der Waals surface area contributed by atoms with Gasteiger partial charge in [-0.05, 0) is 38.0 Å². The predicted molar refractivity (Wildman–Crippen MR) is 93.1 cm³/mol. The zero-order valence-corrected chi connectivity index (χ0v) is 15.1. The molecule has 134 valence electrons. The highest BCUT2D eigenvalue weighted by molar-refractivity contribution is 5.70. The second-order valence-corrected chi connectivity index (χ2v) is 6.26. The van der Waals surface area contributed by atoms with Crippen LogP contribution in [0.15, 0.2) is 12.2 Å². The number of rotatable bonds is 14. The highest BCUT2D eigenvalue weighted by Gasteiger charge is 2.06. The summed E-state index contributed by atoms with van der Waals surface area (Å²) in [6.07, 6.45) is 11.9. The molecule has 0 heterocycles. The van der Waals surface area contributed by atoms with Crippen molar-refractivity contribution in [2.24, 2.45) is 5.92 Å². The van der Waals surface area contributed by atoms with Crippen molar-refractivity contribution in [3.63, 3.8) is 0 Å². The standard InChI is InChI=1S/C19H34O4/c1-4-5-6-7-8-9-12-15-22-18(20)13-10-11-14-19(21)23-16-17(2)3/h8-9,17H,4-7,10-16H2,1-3H3/b9-8-. The van der Waals surface area contributed by atoms with E-state index < -0.39 is 0 Å². The normalized spacial score (nSPS) is 11.1. The fourth-order valence-electron chi connectivity index (χ4n) is 1.93. The topological polar surface area (TPSA) is 52.6 Å². The molecule has 0 aliphatic carbocycles. The Hall–Kier alpha value is -1.32. The highest BCUT2D eigenvalue weighted by atomic mass is 16.5. The van der Waals surface area contributed by atoms with Crippen molar-refractivity contribution in [2.75, 3.05) is 13.2 Å². The van der Waals surface area contributed by atoms with E-state index in [9.17, 15) is 9.59 Å². The molecule has 0 aromatic heterocycles. The lowest BCUT2D eigenvalue weighted by Crippen LogP contribution is -2.10. The SMILES string of the molecule is CCCCC/C=C\CCOC(=O)CCCCC(=O)OCC(C)C. The van der Waals surface area contributed by atoms with E-state index in [0.29, 0.717) is 44.8 Å². The van der Waals surface area contributed by atoms with Gasteiger partial charge in [0.2, 0.25) is 0 Å². The molecule has 0 atom stereocenters. The minimum absolute atomic E-state index is 0.180. The largest absolute Gasteiger partial charge is 0.465 e. The van der Waals surface area contributed by atoms with E-state index in [1.54, 1.807) is 0 Å². The molecule has 0 amide bonds. The van der Waals surface area contributed by atoms with E-state index in [1.165, 1.54) is 19.3 Å². The summed E-state index contributed by atoms with van der Waals surface area (Å²) < 4.78 is 10.2. The third-order valence-corrected chi connectivity index (χ3v) is 3.28. The Morgan fingerprint density at radius 2 is 1.48 bits per heavy atom. The Balaban J connectivity index is 3.42. The van der Waals surface area contributed by atoms with Gasteiger partial charge in [-0.1, -0.05) is 45.8 Å². The van der Waals surface area contributed by atoms with Gasteiger partial charge in [0.25, 0.3) is 0 Å². The average molecular weight is 326 g/mol. The maximum Gasteiger partial charge on any atom is 0.305 e. The zero-order valence-electron chi connectivity index (χ0n) is 15.1. The molecular weight excluding hydrogens is 292 g/mol. The second-order valence-electron chi connectivity index (χ2n) is 6.26. The average Bonchev–Trinajstić information content (AvgIpc) is 2.52. The predicted octanol–water partition coefficient (Wildman–Crippen LogP) is 4.82. The number of hydrogen-bond acceptors (Lipinski definition) is 4. The van der Waals surface area contributed by atoms with Crippen molar-refractivity contribution in [2.45, 2.75) is 78.6 Å². The van der Waals surface area contributed by atoms with Gasteiger partial charge in [0.15, 0.2) is 0 Å². The van der Waals surface area contributed by atoms with Gasteiger partial charge in [0.1, 0.15) is 0 Å². The van der Waals surface area contributed by atoms with Crippen LogP contribution in [0.25, 0.3) is 0 Å². The number of unbranched alkanes of at least 4 members (excludes halogenated alkanes) is 4. The van der Waals surface area contributed by atoms with Crippen LogP contribution in [-0.4, -0.2) is 25.2 Å². The molecule has 0 radical (unpaired) electrons. The molecule has 0 aliphatic rings. The summed E-state index contributed by atoms with van der Waals surface area (Å²) in [4.78, 5) is 22.9. The first-order chi connectivity index (χ1) is 11.1. The number of carbonyl (C=O) groups is 2. The molecule has 4 heteroatoms. The van der Waals surface area contributed by atoms with Crippen LogP contribution in [0, 0.1) is 5.92 Å². The van der Waals surface area contributed by atoms with Crippen LogP contribution in [0.1, 0.15) is 78.6 Å².